The van der Waals surface area contributed by atoms with Crippen molar-refractivity contribution in [2.75, 3.05) is 5.32 Å². The van der Waals surface area contributed by atoms with Crippen molar-refractivity contribution >= 4 is 28.3 Å². The Morgan fingerprint density at radius 2 is 1.71 bits per heavy atom. The second-order valence-corrected chi connectivity index (χ2v) is 4.46. The van der Waals surface area contributed by atoms with Crippen LogP contribution in [0.25, 0.3) is 10.9 Å². The molecular formula is C16H11N3O2. The van der Waals surface area contributed by atoms with Crippen LogP contribution in [0, 0.1) is 4.91 Å². The zero-order valence-electron chi connectivity index (χ0n) is 11.0. The molecule has 3 aromatic rings. The second kappa shape index (κ2) is 5.50. The lowest BCUT2D eigenvalue weighted by Gasteiger charge is -2.07. The first kappa shape index (κ1) is 12.9. The summed E-state index contributed by atoms with van der Waals surface area (Å²) in [4.78, 5) is 27.4. The highest BCUT2D eigenvalue weighted by Crippen LogP contribution is 2.27. The van der Waals surface area contributed by atoms with Gasteiger partial charge < -0.3 is 5.32 Å². The summed E-state index contributed by atoms with van der Waals surface area (Å²) < 4.78 is 0. The van der Waals surface area contributed by atoms with Crippen molar-refractivity contribution in [3.05, 3.63) is 71.1 Å². The maximum absolute atomic E-state index is 12.1. The van der Waals surface area contributed by atoms with Gasteiger partial charge in [0.2, 0.25) is 0 Å². The minimum Gasteiger partial charge on any atom is -0.305 e. The fourth-order valence-corrected chi connectivity index (χ4v) is 2.04. The largest absolute Gasteiger partial charge is 0.305 e. The maximum Gasteiger partial charge on any atom is 0.256 e. The Morgan fingerprint density at radius 3 is 2.48 bits per heavy atom. The first-order valence-electron chi connectivity index (χ1n) is 6.37. The van der Waals surface area contributed by atoms with Gasteiger partial charge in [-0.3, -0.25) is 4.79 Å². The number of hydrogen-bond donors (Lipinski definition) is 1. The van der Waals surface area contributed by atoms with Gasteiger partial charge >= 0.3 is 0 Å². The highest BCUT2D eigenvalue weighted by atomic mass is 16.3. The number of nitroso groups, excluding NO2 is 1. The van der Waals surface area contributed by atoms with Crippen molar-refractivity contribution in [3.8, 4) is 0 Å². The third kappa shape index (κ3) is 2.62. The molecular weight excluding hydrogens is 266 g/mol. The summed E-state index contributed by atoms with van der Waals surface area (Å²) in [5.41, 5.74) is 1.29. The number of amides is 1. The van der Waals surface area contributed by atoms with Crippen LogP contribution in [0.3, 0.4) is 0 Å². The van der Waals surface area contributed by atoms with Gasteiger partial charge in [-0.25, -0.2) is 4.98 Å². The third-order valence-corrected chi connectivity index (χ3v) is 3.07. The van der Waals surface area contributed by atoms with Crippen molar-refractivity contribution in [2.24, 2.45) is 5.18 Å². The molecule has 0 fully saturated rings. The van der Waals surface area contributed by atoms with Gasteiger partial charge in [0.15, 0.2) is 11.5 Å². The van der Waals surface area contributed by atoms with E-state index in [0.29, 0.717) is 11.1 Å². The zero-order valence-corrected chi connectivity index (χ0v) is 11.0. The summed E-state index contributed by atoms with van der Waals surface area (Å²) >= 11 is 0. The van der Waals surface area contributed by atoms with Crippen LogP contribution in [-0.4, -0.2) is 10.9 Å². The molecule has 0 unspecified atom stereocenters. The number of pyridine rings is 1. The molecule has 0 atom stereocenters. The molecule has 2 aromatic carbocycles. The Labute approximate surface area is 120 Å². The summed E-state index contributed by atoms with van der Waals surface area (Å²) in [6, 6.07) is 17.7. The Balaban J connectivity index is 2.00. The van der Waals surface area contributed by atoms with Crippen LogP contribution in [0.4, 0.5) is 11.5 Å². The predicted molar refractivity (Wildman–Crippen MR) is 81.6 cm³/mol. The lowest BCUT2D eigenvalue weighted by atomic mass is 10.2. The molecule has 1 N–H and O–H groups in total. The van der Waals surface area contributed by atoms with Crippen molar-refractivity contribution < 1.29 is 4.79 Å². The van der Waals surface area contributed by atoms with Crippen LogP contribution < -0.4 is 5.32 Å². The van der Waals surface area contributed by atoms with E-state index in [1.54, 1.807) is 30.3 Å². The molecule has 1 amide bonds. The first-order valence-corrected chi connectivity index (χ1v) is 6.37. The molecule has 102 valence electrons. The van der Waals surface area contributed by atoms with Gasteiger partial charge in [0, 0.05) is 10.9 Å². The molecule has 0 saturated carbocycles. The van der Waals surface area contributed by atoms with Crippen molar-refractivity contribution in [1.82, 2.24) is 4.98 Å². The van der Waals surface area contributed by atoms with E-state index in [1.165, 1.54) is 0 Å². The number of carbonyl (C=O) groups excluding carboxylic acids is 1. The van der Waals surface area contributed by atoms with E-state index in [1.807, 2.05) is 30.3 Å². The highest BCUT2D eigenvalue weighted by Gasteiger charge is 2.12. The topological polar surface area (TPSA) is 71.4 Å². The number of nitrogens with one attached hydrogen (secondary N) is 1. The fourth-order valence-electron chi connectivity index (χ4n) is 2.04. The summed E-state index contributed by atoms with van der Waals surface area (Å²) in [7, 11) is 0. The molecule has 21 heavy (non-hydrogen) atoms. The maximum atomic E-state index is 12.1. The van der Waals surface area contributed by atoms with Gasteiger partial charge in [0.1, 0.15) is 0 Å². The molecule has 0 aliphatic carbocycles. The molecule has 5 heteroatoms. The predicted octanol–water partition coefficient (Wildman–Crippen LogP) is 3.89. The highest BCUT2D eigenvalue weighted by molar-refractivity contribution is 6.05. The Morgan fingerprint density at radius 1 is 1.00 bits per heavy atom. The minimum atomic E-state index is -0.330. The summed E-state index contributed by atoms with van der Waals surface area (Å²) in [5.74, 6) is -0.166. The van der Waals surface area contributed by atoms with E-state index >= 15 is 0 Å². The number of fused-ring (bicyclic) bond motifs is 1. The first-order chi connectivity index (χ1) is 10.3. The number of rotatable bonds is 3. The number of nitrogens with zero attached hydrogens (tertiary/aromatic N) is 2. The molecule has 1 aromatic heterocycles. The van der Waals surface area contributed by atoms with Crippen molar-refractivity contribution in [3.63, 3.8) is 0 Å². The number of hydrogen-bond acceptors (Lipinski definition) is 4. The van der Waals surface area contributed by atoms with Crippen molar-refractivity contribution in [2.45, 2.75) is 0 Å². The zero-order chi connectivity index (χ0) is 14.7. The number of anilines is 1. The Hall–Kier alpha value is -3.08. The van der Waals surface area contributed by atoms with E-state index in [2.05, 4.69) is 15.5 Å². The molecule has 5 nitrogen and oxygen atoms in total. The lowest BCUT2D eigenvalue weighted by Crippen LogP contribution is -2.12. The molecule has 0 radical (unpaired) electrons. The summed E-state index contributed by atoms with van der Waals surface area (Å²) in [6.45, 7) is 0. The average molecular weight is 277 g/mol. The normalized spacial score (nSPS) is 10.3. The van der Waals surface area contributed by atoms with E-state index in [0.717, 1.165) is 5.39 Å². The fraction of sp³-hybridized carbons (Fsp3) is 0. The number of benzene rings is 2. The molecule has 0 bridgehead atoms. The monoisotopic (exact) mass is 277 g/mol. The molecule has 0 spiro atoms. The summed E-state index contributed by atoms with van der Waals surface area (Å²) in [5, 5.41) is 6.36. The molecule has 3 rings (SSSR count). The van der Waals surface area contributed by atoms with Gasteiger partial charge in [-0.1, -0.05) is 36.4 Å². The van der Waals surface area contributed by atoms with Crippen LogP contribution in [0.15, 0.2) is 65.8 Å². The van der Waals surface area contributed by atoms with Crippen molar-refractivity contribution in [1.29, 1.82) is 0 Å². The average Bonchev–Trinajstić information content (AvgIpc) is 2.55. The smallest absolute Gasteiger partial charge is 0.256 e. The number of aromatic nitrogens is 1. The quantitative estimate of drug-likeness (QED) is 0.738. The second-order valence-electron chi connectivity index (χ2n) is 4.46. The van der Waals surface area contributed by atoms with Gasteiger partial charge in [-0.2, -0.15) is 0 Å². The van der Waals surface area contributed by atoms with E-state index < -0.39 is 0 Å². The van der Waals surface area contributed by atoms with Gasteiger partial charge in [-0.05, 0) is 29.4 Å². The lowest BCUT2D eigenvalue weighted by molar-refractivity contribution is 0.102. The number of carbonyl (C=O) groups is 1. The molecule has 0 saturated heterocycles. The van der Waals surface area contributed by atoms with Crippen LogP contribution in [0.5, 0.6) is 0 Å². The Kier molecular flexibility index (Phi) is 3.39. The van der Waals surface area contributed by atoms with E-state index in [4.69, 9.17) is 0 Å². The minimum absolute atomic E-state index is 0.109. The van der Waals surface area contributed by atoms with E-state index in [9.17, 15) is 9.70 Å². The SMILES string of the molecule is O=Nc1cc2ccccc2nc1NC(=O)c1ccccc1. The van der Waals surface area contributed by atoms with Gasteiger partial charge in [-0.15, -0.1) is 4.91 Å². The molecule has 1 heterocycles. The van der Waals surface area contributed by atoms with Gasteiger partial charge in [0.25, 0.3) is 5.91 Å². The summed E-state index contributed by atoms with van der Waals surface area (Å²) in [6.07, 6.45) is 0. The van der Waals surface area contributed by atoms with Crippen LogP contribution >= 0.6 is 0 Å². The molecule has 0 aliphatic heterocycles. The molecule has 0 aliphatic rings. The third-order valence-electron chi connectivity index (χ3n) is 3.07. The van der Waals surface area contributed by atoms with Crippen LogP contribution in [0.1, 0.15) is 10.4 Å². The van der Waals surface area contributed by atoms with Gasteiger partial charge in [0.05, 0.1) is 5.52 Å². The number of para-hydroxylation sites is 1. The van der Waals surface area contributed by atoms with Crippen LogP contribution in [-0.2, 0) is 0 Å². The Bertz CT molecular complexity index is 816. The standard InChI is InChI=1S/C16H11N3O2/c20-16(11-6-2-1-3-7-11)18-15-14(19-21)10-12-8-4-5-9-13(12)17-15/h1-10H,(H,17,18,20). The van der Waals surface area contributed by atoms with E-state index in [-0.39, 0.29) is 17.4 Å². The van der Waals surface area contributed by atoms with Crippen LogP contribution in [0.2, 0.25) is 0 Å².